The van der Waals surface area contributed by atoms with E-state index in [4.69, 9.17) is 9.72 Å². The number of H-pyrrole nitrogens is 1. The highest BCUT2D eigenvalue weighted by Gasteiger charge is 2.34. The van der Waals surface area contributed by atoms with E-state index in [2.05, 4.69) is 57.5 Å². The molecule has 2 saturated heterocycles. The van der Waals surface area contributed by atoms with Crippen LogP contribution in [0, 0.1) is 6.92 Å². The molecule has 0 amide bonds. The third-order valence-electron chi connectivity index (χ3n) is 9.01. The van der Waals surface area contributed by atoms with Gasteiger partial charge < -0.3 is 19.9 Å². The summed E-state index contributed by atoms with van der Waals surface area (Å²) in [5, 5.41) is 13.1. The third-order valence-corrected chi connectivity index (χ3v) is 9.01. The van der Waals surface area contributed by atoms with Crippen LogP contribution in [-0.2, 0) is 6.54 Å². The van der Waals surface area contributed by atoms with Crippen molar-refractivity contribution in [3.05, 3.63) is 46.0 Å². The van der Waals surface area contributed by atoms with Crippen LogP contribution in [0.15, 0.2) is 29.2 Å². The number of aromatic amines is 1. The molecule has 7 rings (SSSR count). The van der Waals surface area contributed by atoms with Gasteiger partial charge in [0, 0.05) is 55.1 Å². The zero-order chi connectivity index (χ0) is 26.7. The minimum Gasteiger partial charge on any atom is -0.494 e. The second-order valence-corrected chi connectivity index (χ2v) is 11.5. The molecule has 9 heteroatoms. The number of ether oxygens (including phenoxy) is 1. The van der Waals surface area contributed by atoms with Gasteiger partial charge in [-0.2, -0.15) is 10.1 Å². The number of anilines is 1. The predicted octanol–water partition coefficient (Wildman–Crippen LogP) is 3.64. The van der Waals surface area contributed by atoms with Gasteiger partial charge in [0.2, 0.25) is 0 Å². The molecule has 4 heterocycles. The van der Waals surface area contributed by atoms with Gasteiger partial charge in [0.15, 0.2) is 5.75 Å². The standard InChI is InChI=1S/C30H37N7O2/c1-18-6-9-24-23(16-32-34-24)25(18)26-21(19-7-8-19)15-22-27(28(26)39-3)37(17-20-5-4-12-35(20)2)30(38)33-29(22)36-13-10-31-11-14-36/h6,9,15-16,19-20,31H,4-5,7-8,10-14,17H2,1-3H3,(H,32,34)/t20-/m0/s1. The average molecular weight is 528 g/mol. The molecule has 1 atom stereocenters. The number of likely N-dealkylation sites (N-methyl/N-ethyl adjacent to an activating group) is 1. The summed E-state index contributed by atoms with van der Waals surface area (Å²) in [5.41, 5.74) is 6.37. The zero-order valence-corrected chi connectivity index (χ0v) is 23.1. The Balaban J connectivity index is 1.57. The van der Waals surface area contributed by atoms with Crippen molar-refractivity contribution in [2.45, 2.75) is 51.1 Å². The monoisotopic (exact) mass is 527 g/mol. The van der Waals surface area contributed by atoms with Gasteiger partial charge in [-0.1, -0.05) is 6.07 Å². The molecule has 3 fully saturated rings. The highest BCUT2D eigenvalue weighted by atomic mass is 16.5. The maximum Gasteiger partial charge on any atom is 0.350 e. The molecule has 2 N–H and O–H groups in total. The van der Waals surface area contributed by atoms with E-state index in [0.717, 1.165) is 103 Å². The van der Waals surface area contributed by atoms with Crippen molar-refractivity contribution in [2.24, 2.45) is 0 Å². The smallest absolute Gasteiger partial charge is 0.350 e. The molecular weight excluding hydrogens is 490 g/mol. The first-order valence-corrected chi connectivity index (χ1v) is 14.3. The van der Waals surface area contributed by atoms with Crippen LogP contribution in [0.3, 0.4) is 0 Å². The van der Waals surface area contributed by atoms with Crippen LogP contribution in [0.25, 0.3) is 32.9 Å². The number of fused-ring (bicyclic) bond motifs is 2. The molecule has 4 aromatic rings. The Kier molecular flexibility index (Phi) is 6.08. The number of nitrogens with zero attached hydrogens (tertiary/aromatic N) is 5. The van der Waals surface area contributed by atoms with Crippen LogP contribution in [0.5, 0.6) is 5.75 Å². The van der Waals surface area contributed by atoms with Gasteiger partial charge in [-0.05, 0) is 80.9 Å². The lowest BCUT2D eigenvalue weighted by atomic mass is 9.89. The van der Waals surface area contributed by atoms with Gasteiger partial charge in [0.25, 0.3) is 0 Å². The molecule has 2 aromatic carbocycles. The maximum atomic E-state index is 13.9. The van der Waals surface area contributed by atoms with Gasteiger partial charge in [-0.15, -0.1) is 0 Å². The van der Waals surface area contributed by atoms with Crippen LogP contribution in [0.1, 0.15) is 42.7 Å². The van der Waals surface area contributed by atoms with Crippen molar-refractivity contribution >= 4 is 27.6 Å². The largest absolute Gasteiger partial charge is 0.494 e. The lowest BCUT2D eigenvalue weighted by Crippen LogP contribution is -2.45. The Morgan fingerprint density at radius 2 is 1.90 bits per heavy atom. The number of methoxy groups -OCH3 is 1. The molecule has 0 radical (unpaired) electrons. The molecule has 9 nitrogen and oxygen atoms in total. The fraction of sp³-hybridized carbons (Fsp3) is 0.500. The second kappa shape index (κ2) is 9.64. The molecule has 1 aliphatic carbocycles. The number of piperazine rings is 1. The summed E-state index contributed by atoms with van der Waals surface area (Å²) < 4.78 is 8.28. The number of nitrogens with one attached hydrogen (secondary N) is 2. The normalized spacial score (nSPS) is 20.4. The minimum atomic E-state index is -0.196. The lowest BCUT2D eigenvalue weighted by Gasteiger charge is -2.31. The van der Waals surface area contributed by atoms with E-state index in [1.807, 2.05) is 10.8 Å². The fourth-order valence-electron chi connectivity index (χ4n) is 6.75. The second-order valence-electron chi connectivity index (χ2n) is 11.5. The number of likely N-dealkylation sites (tertiary alicyclic amines) is 1. The topological polar surface area (TPSA) is 91.3 Å². The van der Waals surface area contributed by atoms with E-state index in [1.165, 1.54) is 11.1 Å². The van der Waals surface area contributed by atoms with Crippen molar-refractivity contribution in [1.29, 1.82) is 0 Å². The Morgan fingerprint density at radius 3 is 2.62 bits per heavy atom. The number of benzene rings is 2. The van der Waals surface area contributed by atoms with E-state index in [9.17, 15) is 4.79 Å². The maximum absolute atomic E-state index is 13.9. The number of rotatable bonds is 6. The summed E-state index contributed by atoms with van der Waals surface area (Å²) in [6.45, 7) is 7.23. The minimum absolute atomic E-state index is 0.196. The van der Waals surface area contributed by atoms with Gasteiger partial charge >= 0.3 is 5.69 Å². The highest BCUT2D eigenvalue weighted by molar-refractivity contribution is 6.06. The van der Waals surface area contributed by atoms with Crippen molar-refractivity contribution in [3.8, 4) is 16.9 Å². The number of hydrogen-bond donors (Lipinski definition) is 2. The summed E-state index contributed by atoms with van der Waals surface area (Å²) in [5.74, 6) is 2.04. The van der Waals surface area contributed by atoms with Gasteiger partial charge in [0.05, 0.1) is 24.3 Å². The average Bonchev–Trinajstić information content (AvgIpc) is 3.55. The van der Waals surface area contributed by atoms with Crippen LogP contribution in [0.4, 0.5) is 5.82 Å². The van der Waals surface area contributed by atoms with Gasteiger partial charge in [-0.3, -0.25) is 9.67 Å². The van der Waals surface area contributed by atoms with E-state index < -0.39 is 0 Å². The molecular formula is C30H37N7O2. The van der Waals surface area contributed by atoms with Crippen molar-refractivity contribution in [1.82, 2.24) is 30.0 Å². The molecule has 0 spiro atoms. The van der Waals surface area contributed by atoms with E-state index in [-0.39, 0.29) is 5.69 Å². The quantitative estimate of drug-likeness (QED) is 0.396. The first kappa shape index (κ1) is 24.6. The predicted molar refractivity (Wildman–Crippen MR) is 155 cm³/mol. The molecule has 0 bridgehead atoms. The summed E-state index contributed by atoms with van der Waals surface area (Å²) in [7, 11) is 3.91. The van der Waals surface area contributed by atoms with Crippen LogP contribution in [-0.4, -0.2) is 77.6 Å². The lowest BCUT2D eigenvalue weighted by molar-refractivity contribution is 0.281. The molecule has 39 heavy (non-hydrogen) atoms. The Hall–Kier alpha value is -3.43. The molecule has 204 valence electrons. The molecule has 0 unspecified atom stereocenters. The van der Waals surface area contributed by atoms with Crippen molar-refractivity contribution in [3.63, 3.8) is 0 Å². The van der Waals surface area contributed by atoms with Crippen molar-refractivity contribution < 1.29 is 4.74 Å². The fourth-order valence-corrected chi connectivity index (χ4v) is 6.75. The molecule has 1 saturated carbocycles. The third kappa shape index (κ3) is 4.10. The summed E-state index contributed by atoms with van der Waals surface area (Å²) >= 11 is 0. The zero-order valence-electron chi connectivity index (χ0n) is 23.1. The highest BCUT2D eigenvalue weighted by Crippen LogP contribution is 2.52. The van der Waals surface area contributed by atoms with Crippen LogP contribution < -0.4 is 20.6 Å². The number of aryl methyl sites for hydroxylation is 1. The Bertz CT molecular complexity index is 1610. The Morgan fingerprint density at radius 1 is 1.08 bits per heavy atom. The van der Waals surface area contributed by atoms with Crippen LogP contribution in [0.2, 0.25) is 0 Å². The summed E-state index contributed by atoms with van der Waals surface area (Å²) in [6.07, 6.45) is 6.45. The van der Waals surface area contributed by atoms with E-state index in [1.54, 1.807) is 7.11 Å². The number of aromatic nitrogens is 4. The van der Waals surface area contributed by atoms with E-state index >= 15 is 0 Å². The Labute approximate surface area is 228 Å². The number of hydrogen-bond acceptors (Lipinski definition) is 7. The molecule has 3 aliphatic rings. The van der Waals surface area contributed by atoms with Crippen LogP contribution >= 0.6 is 0 Å². The van der Waals surface area contributed by atoms with Gasteiger partial charge in [0.1, 0.15) is 5.82 Å². The van der Waals surface area contributed by atoms with Crippen molar-refractivity contribution in [2.75, 3.05) is 51.8 Å². The molecule has 2 aliphatic heterocycles. The van der Waals surface area contributed by atoms with Gasteiger partial charge in [-0.25, -0.2) is 4.79 Å². The summed E-state index contributed by atoms with van der Waals surface area (Å²) in [6, 6.07) is 6.87. The van der Waals surface area contributed by atoms with E-state index in [0.29, 0.717) is 18.5 Å². The SMILES string of the molecule is COc1c(-c2c(C)ccc3[nH]ncc23)c(C2CC2)cc2c(N3CCNCC3)nc(=O)n(C[C@@H]3CCCN3C)c12. The molecule has 2 aromatic heterocycles. The summed E-state index contributed by atoms with van der Waals surface area (Å²) in [4.78, 5) is 23.3. The first-order chi connectivity index (χ1) is 19.0. The first-order valence-electron chi connectivity index (χ1n) is 14.3.